The molecule has 0 fully saturated rings. The van der Waals surface area contributed by atoms with Crippen molar-refractivity contribution in [2.75, 3.05) is 23.8 Å². The Kier molecular flexibility index (Phi) is 6.28. The number of rotatable bonds is 7. The quantitative estimate of drug-likeness (QED) is 0.597. The Hall–Kier alpha value is -3.15. The molecule has 6 nitrogen and oxygen atoms in total. The highest BCUT2D eigenvalue weighted by Gasteiger charge is 2.07. The molecule has 0 saturated carbocycles. The molecule has 0 aliphatic heterocycles. The number of hydrogen-bond acceptors (Lipinski definition) is 5. The lowest BCUT2D eigenvalue weighted by atomic mass is 10.1. The SMILES string of the molecule is CCOC(=O)c1ccc(NC(=O)CNc2cccc(C(C)=O)c2)cc1. The average molecular weight is 340 g/mol. The lowest BCUT2D eigenvalue weighted by Gasteiger charge is -2.09. The first-order valence-corrected chi connectivity index (χ1v) is 7.91. The summed E-state index contributed by atoms with van der Waals surface area (Å²) in [5.41, 5.74) is 2.29. The standard InChI is InChI=1S/C19H20N2O4/c1-3-25-19(24)14-7-9-16(10-8-14)21-18(23)12-20-17-6-4-5-15(11-17)13(2)22/h4-11,20H,3,12H2,1-2H3,(H,21,23). The van der Waals surface area contributed by atoms with Crippen molar-refractivity contribution in [3.63, 3.8) is 0 Å². The van der Waals surface area contributed by atoms with Crippen molar-refractivity contribution in [3.8, 4) is 0 Å². The van der Waals surface area contributed by atoms with Crippen LogP contribution in [0.25, 0.3) is 0 Å². The molecule has 0 unspecified atom stereocenters. The zero-order valence-electron chi connectivity index (χ0n) is 14.2. The fraction of sp³-hybridized carbons (Fsp3) is 0.211. The molecule has 130 valence electrons. The molecule has 0 aromatic heterocycles. The topological polar surface area (TPSA) is 84.5 Å². The van der Waals surface area contributed by atoms with Crippen LogP contribution in [0.2, 0.25) is 0 Å². The summed E-state index contributed by atoms with van der Waals surface area (Å²) in [5.74, 6) is -0.667. The first-order valence-electron chi connectivity index (χ1n) is 7.91. The van der Waals surface area contributed by atoms with Crippen LogP contribution in [0.5, 0.6) is 0 Å². The first kappa shape index (κ1) is 18.2. The zero-order chi connectivity index (χ0) is 18.2. The maximum atomic E-state index is 12.0. The number of Topliss-reactive ketones (excluding diaryl/α,β-unsaturated/α-hetero) is 1. The Morgan fingerprint density at radius 2 is 1.68 bits per heavy atom. The smallest absolute Gasteiger partial charge is 0.338 e. The van der Waals surface area contributed by atoms with Crippen molar-refractivity contribution in [2.24, 2.45) is 0 Å². The van der Waals surface area contributed by atoms with Gasteiger partial charge >= 0.3 is 5.97 Å². The van der Waals surface area contributed by atoms with Gasteiger partial charge in [0, 0.05) is 16.9 Å². The van der Waals surface area contributed by atoms with Crippen LogP contribution in [-0.4, -0.2) is 30.8 Å². The van der Waals surface area contributed by atoms with E-state index in [1.54, 1.807) is 55.5 Å². The lowest BCUT2D eigenvalue weighted by Crippen LogP contribution is -2.21. The number of ketones is 1. The van der Waals surface area contributed by atoms with Crippen molar-refractivity contribution in [2.45, 2.75) is 13.8 Å². The van der Waals surface area contributed by atoms with E-state index in [4.69, 9.17) is 4.74 Å². The Balaban J connectivity index is 1.89. The summed E-state index contributed by atoms with van der Waals surface area (Å²) >= 11 is 0. The monoisotopic (exact) mass is 340 g/mol. The van der Waals surface area contributed by atoms with Crippen LogP contribution in [-0.2, 0) is 9.53 Å². The largest absolute Gasteiger partial charge is 0.462 e. The van der Waals surface area contributed by atoms with Crippen LogP contribution in [0.15, 0.2) is 48.5 Å². The van der Waals surface area contributed by atoms with Gasteiger partial charge in [0.25, 0.3) is 0 Å². The first-order chi connectivity index (χ1) is 12.0. The summed E-state index contributed by atoms with van der Waals surface area (Å²) < 4.78 is 4.90. The third-order valence-corrected chi connectivity index (χ3v) is 3.40. The van der Waals surface area contributed by atoms with Crippen LogP contribution in [0.1, 0.15) is 34.6 Å². The van der Waals surface area contributed by atoms with Crippen molar-refractivity contribution in [1.82, 2.24) is 0 Å². The zero-order valence-corrected chi connectivity index (χ0v) is 14.2. The molecule has 0 aliphatic rings. The number of benzene rings is 2. The maximum absolute atomic E-state index is 12.0. The molecule has 6 heteroatoms. The van der Waals surface area contributed by atoms with Crippen LogP contribution < -0.4 is 10.6 Å². The van der Waals surface area contributed by atoms with Gasteiger partial charge in [0.1, 0.15) is 0 Å². The summed E-state index contributed by atoms with van der Waals surface area (Å²) in [4.78, 5) is 34.9. The van der Waals surface area contributed by atoms with E-state index in [2.05, 4.69) is 10.6 Å². The second-order valence-corrected chi connectivity index (χ2v) is 5.34. The molecule has 0 radical (unpaired) electrons. The molecule has 0 spiro atoms. The molecule has 0 bridgehead atoms. The Morgan fingerprint density at radius 1 is 0.960 bits per heavy atom. The number of carbonyl (C=O) groups is 3. The predicted molar refractivity (Wildman–Crippen MR) is 96.0 cm³/mol. The van der Waals surface area contributed by atoms with Gasteiger partial charge in [-0.15, -0.1) is 0 Å². The van der Waals surface area contributed by atoms with Gasteiger partial charge < -0.3 is 15.4 Å². The number of esters is 1. The van der Waals surface area contributed by atoms with Crippen molar-refractivity contribution >= 4 is 29.0 Å². The molecular weight excluding hydrogens is 320 g/mol. The highest BCUT2D eigenvalue weighted by atomic mass is 16.5. The van der Waals surface area contributed by atoms with E-state index >= 15 is 0 Å². The number of nitrogens with one attached hydrogen (secondary N) is 2. The summed E-state index contributed by atoms with van der Waals surface area (Å²) in [7, 11) is 0. The molecule has 0 saturated heterocycles. The van der Waals surface area contributed by atoms with Gasteiger partial charge in [0.15, 0.2) is 5.78 Å². The minimum atomic E-state index is -0.396. The fourth-order valence-electron chi connectivity index (χ4n) is 2.14. The van der Waals surface area contributed by atoms with E-state index in [0.717, 1.165) is 0 Å². The van der Waals surface area contributed by atoms with E-state index in [1.807, 2.05) is 0 Å². The second-order valence-electron chi connectivity index (χ2n) is 5.34. The van der Waals surface area contributed by atoms with Gasteiger partial charge in [-0.25, -0.2) is 4.79 Å². The number of ether oxygens (including phenoxy) is 1. The molecule has 1 amide bonds. The molecule has 2 aromatic carbocycles. The normalized spacial score (nSPS) is 10.0. The number of carbonyl (C=O) groups excluding carboxylic acids is 3. The van der Waals surface area contributed by atoms with Crippen LogP contribution in [0, 0.1) is 0 Å². The minimum Gasteiger partial charge on any atom is -0.462 e. The Bertz CT molecular complexity index is 769. The molecular formula is C19H20N2O4. The van der Waals surface area contributed by atoms with Gasteiger partial charge in [-0.3, -0.25) is 9.59 Å². The van der Waals surface area contributed by atoms with E-state index < -0.39 is 5.97 Å². The van der Waals surface area contributed by atoms with Gasteiger partial charge in [-0.05, 0) is 50.2 Å². The molecule has 2 rings (SSSR count). The predicted octanol–water partition coefficient (Wildman–Crippen LogP) is 3.12. The highest BCUT2D eigenvalue weighted by Crippen LogP contribution is 2.12. The van der Waals surface area contributed by atoms with Gasteiger partial charge in [0.2, 0.25) is 5.91 Å². The van der Waals surface area contributed by atoms with E-state index in [-0.39, 0.29) is 18.2 Å². The van der Waals surface area contributed by atoms with Crippen LogP contribution >= 0.6 is 0 Å². The van der Waals surface area contributed by atoms with E-state index in [0.29, 0.717) is 29.1 Å². The Labute approximate surface area is 146 Å². The minimum absolute atomic E-state index is 0.0326. The third kappa shape index (κ3) is 5.46. The molecule has 0 atom stereocenters. The summed E-state index contributed by atoms with van der Waals surface area (Å²) in [6, 6.07) is 13.4. The highest BCUT2D eigenvalue weighted by molar-refractivity contribution is 5.96. The van der Waals surface area contributed by atoms with Crippen LogP contribution in [0.3, 0.4) is 0 Å². The van der Waals surface area contributed by atoms with Crippen molar-refractivity contribution < 1.29 is 19.1 Å². The summed E-state index contributed by atoms with van der Waals surface area (Å²) in [6.07, 6.45) is 0. The van der Waals surface area contributed by atoms with Crippen molar-refractivity contribution in [1.29, 1.82) is 0 Å². The van der Waals surface area contributed by atoms with Crippen LogP contribution in [0.4, 0.5) is 11.4 Å². The fourth-order valence-corrected chi connectivity index (χ4v) is 2.14. The van der Waals surface area contributed by atoms with Gasteiger partial charge in [-0.1, -0.05) is 12.1 Å². The molecule has 0 aliphatic carbocycles. The van der Waals surface area contributed by atoms with E-state index in [9.17, 15) is 14.4 Å². The Morgan fingerprint density at radius 3 is 2.32 bits per heavy atom. The third-order valence-electron chi connectivity index (χ3n) is 3.40. The van der Waals surface area contributed by atoms with E-state index in [1.165, 1.54) is 6.92 Å². The average Bonchev–Trinajstić information content (AvgIpc) is 2.61. The number of anilines is 2. The summed E-state index contributed by atoms with van der Waals surface area (Å²) in [6.45, 7) is 3.60. The van der Waals surface area contributed by atoms with Crippen molar-refractivity contribution in [3.05, 3.63) is 59.7 Å². The maximum Gasteiger partial charge on any atom is 0.338 e. The molecule has 2 N–H and O–H groups in total. The lowest BCUT2D eigenvalue weighted by molar-refractivity contribution is -0.114. The molecule has 0 heterocycles. The van der Waals surface area contributed by atoms with Gasteiger partial charge in [0.05, 0.1) is 18.7 Å². The van der Waals surface area contributed by atoms with Gasteiger partial charge in [-0.2, -0.15) is 0 Å². The number of hydrogen-bond donors (Lipinski definition) is 2. The number of amides is 1. The molecule has 2 aromatic rings. The second kappa shape index (κ2) is 8.63. The molecule has 25 heavy (non-hydrogen) atoms. The summed E-state index contributed by atoms with van der Waals surface area (Å²) in [5, 5.41) is 5.70.